The second-order valence-corrected chi connectivity index (χ2v) is 7.24. The summed E-state index contributed by atoms with van der Waals surface area (Å²) in [7, 11) is 1.67. The Labute approximate surface area is 143 Å². The van der Waals surface area contributed by atoms with Gasteiger partial charge in [-0.15, -0.1) is 0 Å². The van der Waals surface area contributed by atoms with Gasteiger partial charge in [0, 0.05) is 24.2 Å². The number of piperidine rings is 3. The van der Waals surface area contributed by atoms with E-state index in [0.29, 0.717) is 0 Å². The predicted octanol–water partition coefficient (Wildman–Crippen LogP) is 3.40. The van der Waals surface area contributed by atoms with Crippen molar-refractivity contribution in [2.45, 2.75) is 38.3 Å². The number of aliphatic hydroxyl groups excluding tert-OH is 1. The molecule has 0 amide bonds. The molecule has 3 aliphatic rings. The molecule has 4 heterocycles. The van der Waals surface area contributed by atoms with E-state index in [1.165, 1.54) is 12.8 Å². The molecule has 2 aromatic rings. The molecule has 1 aromatic heterocycles. The standard InChI is InChI=1S/C20H26N2O2/c1-3-13-12-22-9-7-14(13)10-19(22)20(23)16-6-8-21-18-5-4-15(24-2)11-17(16)18/h4-6,8,11,13-14,19-20,23H,3,7,9-10,12H2,1-2H3/t13-,14+,19-,20-/m1/s1. The smallest absolute Gasteiger partial charge is 0.119 e. The van der Waals surface area contributed by atoms with Gasteiger partial charge in [0.25, 0.3) is 0 Å². The van der Waals surface area contributed by atoms with E-state index >= 15 is 0 Å². The summed E-state index contributed by atoms with van der Waals surface area (Å²) in [5, 5.41) is 12.2. The lowest BCUT2D eigenvalue weighted by Gasteiger charge is -2.51. The maximum Gasteiger partial charge on any atom is 0.119 e. The number of methoxy groups -OCH3 is 1. The first-order valence-electron chi connectivity index (χ1n) is 9.06. The number of nitrogens with zero attached hydrogens (tertiary/aromatic N) is 2. The van der Waals surface area contributed by atoms with Gasteiger partial charge in [0.1, 0.15) is 5.75 Å². The monoisotopic (exact) mass is 326 g/mol. The highest BCUT2D eigenvalue weighted by Crippen LogP contribution is 2.42. The highest BCUT2D eigenvalue weighted by Gasteiger charge is 2.42. The number of hydrogen-bond donors (Lipinski definition) is 1. The van der Waals surface area contributed by atoms with Crippen LogP contribution in [0.5, 0.6) is 5.75 Å². The zero-order valence-corrected chi connectivity index (χ0v) is 14.5. The van der Waals surface area contributed by atoms with E-state index in [1.807, 2.05) is 24.3 Å². The molecule has 1 N–H and O–H groups in total. The summed E-state index contributed by atoms with van der Waals surface area (Å²) >= 11 is 0. The zero-order chi connectivity index (χ0) is 16.7. The van der Waals surface area contributed by atoms with Gasteiger partial charge in [-0.3, -0.25) is 9.88 Å². The number of aromatic nitrogens is 1. The first kappa shape index (κ1) is 15.9. The average molecular weight is 326 g/mol. The highest BCUT2D eigenvalue weighted by molar-refractivity contribution is 5.83. The SMILES string of the molecule is CC[C@@H]1CN2CC[C@H]1C[C@@H]2[C@H](O)c1ccnc2ccc(OC)cc12. The summed E-state index contributed by atoms with van der Waals surface area (Å²) in [4.78, 5) is 6.94. The van der Waals surface area contributed by atoms with E-state index in [4.69, 9.17) is 4.74 Å². The summed E-state index contributed by atoms with van der Waals surface area (Å²) in [6.07, 6.45) is 4.97. The van der Waals surface area contributed by atoms with Gasteiger partial charge in [0.2, 0.25) is 0 Å². The topological polar surface area (TPSA) is 45.6 Å². The van der Waals surface area contributed by atoms with E-state index in [1.54, 1.807) is 13.3 Å². The summed E-state index contributed by atoms with van der Waals surface area (Å²) in [5.74, 6) is 2.37. The summed E-state index contributed by atoms with van der Waals surface area (Å²) in [5.41, 5.74) is 1.89. The molecule has 1 aromatic carbocycles. The summed E-state index contributed by atoms with van der Waals surface area (Å²) in [6, 6.07) is 8.07. The van der Waals surface area contributed by atoms with Crippen molar-refractivity contribution in [2.75, 3.05) is 20.2 Å². The van der Waals surface area contributed by atoms with E-state index in [2.05, 4.69) is 16.8 Å². The number of ether oxygens (including phenoxy) is 1. The van der Waals surface area contributed by atoms with Crippen LogP contribution in [0.1, 0.15) is 37.9 Å². The van der Waals surface area contributed by atoms with Crippen molar-refractivity contribution in [2.24, 2.45) is 11.8 Å². The Morgan fingerprint density at radius 1 is 1.38 bits per heavy atom. The molecule has 5 rings (SSSR count). The number of rotatable bonds is 4. The van der Waals surface area contributed by atoms with Crippen molar-refractivity contribution < 1.29 is 9.84 Å². The molecule has 3 fully saturated rings. The van der Waals surface area contributed by atoms with E-state index in [-0.39, 0.29) is 6.04 Å². The van der Waals surface area contributed by atoms with E-state index < -0.39 is 6.10 Å². The fourth-order valence-corrected chi connectivity index (χ4v) is 4.71. The fourth-order valence-electron chi connectivity index (χ4n) is 4.71. The van der Waals surface area contributed by atoms with Crippen molar-refractivity contribution in [1.29, 1.82) is 0 Å². The van der Waals surface area contributed by atoms with Crippen LogP contribution in [0.15, 0.2) is 30.5 Å². The average Bonchev–Trinajstić information content (AvgIpc) is 2.66. The van der Waals surface area contributed by atoms with E-state index in [0.717, 1.165) is 53.6 Å². The minimum atomic E-state index is -0.469. The van der Waals surface area contributed by atoms with Crippen LogP contribution in [0.4, 0.5) is 0 Å². The molecule has 3 aliphatic heterocycles. The lowest BCUT2D eigenvalue weighted by atomic mass is 9.72. The number of fused-ring (bicyclic) bond motifs is 4. The first-order valence-corrected chi connectivity index (χ1v) is 9.06. The van der Waals surface area contributed by atoms with Crippen molar-refractivity contribution in [3.05, 3.63) is 36.0 Å². The van der Waals surface area contributed by atoms with Gasteiger partial charge in [0.15, 0.2) is 0 Å². The largest absolute Gasteiger partial charge is 0.497 e. The van der Waals surface area contributed by atoms with Crippen LogP contribution in [-0.4, -0.2) is 41.2 Å². The third-order valence-electron chi connectivity index (χ3n) is 6.13. The number of pyridine rings is 1. The van der Waals surface area contributed by atoms with Crippen molar-refractivity contribution in [3.63, 3.8) is 0 Å². The first-order chi connectivity index (χ1) is 11.7. The van der Waals surface area contributed by atoms with Crippen molar-refractivity contribution in [3.8, 4) is 5.75 Å². The quantitative estimate of drug-likeness (QED) is 0.935. The number of benzene rings is 1. The molecule has 0 spiro atoms. The maximum absolute atomic E-state index is 11.2. The second-order valence-electron chi connectivity index (χ2n) is 7.24. The predicted molar refractivity (Wildman–Crippen MR) is 95.1 cm³/mol. The summed E-state index contributed by atoms with van der Waals surface area (Å²) in [6.45, 7) is 4.55. The highest BCUT2D eigenvalue weighted by atomic mass is 16.5. The minimum absolute atomic E-state index is 0.225. The second kappa shape index (κ2) is 6.34. The van der Waals surface area contributed by atoms with Gasteiger partial charge < -0.3 is 9.84 Å². The van der Waals surface area contributed by atoms with Gasteiger partial charge in [-0.05, 0) is 61.1 Å². The Bertz CT molecular complexity index is 733. The molecule has 0 aliphatic carbocycles. The summed E-state index contributed by atoms with van der Waals surface area (Å²) < 4.78 is 5.36. The molecule has 128 valence electrons. The van der Waals surface area contributed by atoms with Gasteiger partial charge >= 0.3 is 0 Å². The van der Waals surface area contributed by atoms with Crippen LogP contribution < -0.4 is 4.74 Å². The molecule has 4 nitrogen and oxygen atoms in total. The van der Waals surface area contributed by atoms with Crippen LogP contribution in [-0.2, 0) is 0 Å². The Morgan fingerprint density at radius 2 is 2.25 bits per heavy atom. The number of hydrogen-bond acceptors (Lipinski definition) is 4. The lowest BCUT2D eigenvalue weighted by molar-refractivity contribution is -0.0562. The normalized spacial score (nSPS) is 30.5. The molecule has 24 heavy (non-hydrogen) atoms. The van der Waals surface area contributed by atoms with Crippen molar-refractivity contribution >= 4 is 10.9 Å². The van der Waals surface area contributed by atoms with Crippen LogP contribution in [0.2, 0.25) is 0 Å². The lowest BCUT2D eigenvalue weighted by Crippen LogP contribution is -2.55. The van der Waals surface area contributed by atoms with Gasteiger partial charge in [-0.1, -0.05) is 13.3 Å². The Balaban J connectivity index is 1.68. The Hall–Kier alpha value is -1.65. The molecule has 4 heteroatoms. The number of aliphatic hydroxyl groups is 1. The third-order valence-corrected chi connectivity index (χ3v) is 6.13. The third kappa shape index (κ3) is 2.58. The molecule has 5 atom stereocenters. The molecule has 2 bridgehead atoms. The fraction of sp³-hybridized carbons (Fsp3) is 0.550. The molecular formula is C20H26N2O2. The van der Waals surface area contributed by atoms with Gasteiger partial charge in [-0.2, -0.15) is 0 Å². The van der Waals surface area contributed by atoms with Crippen molar-refractivity contribution in [1.82, 2.24) is 9.88 Å². The Morgan fingerprint density at radius 3 is 2.96 bits per heavy atom. The zero-order valence-electron chi connectivity index (χ0n) is 14.5. The minimum Gasteiger partial charge on any atom is -0.497 e. The molecular weight excluding hydrogens is 300 g/mol. The maximum atomic E-state index is 11.2. The van der Waals surface area contributed by atoms with Crippen LogP contribution >= 0.6 is 0 Å². The van der Waals surface area contributed by atoms with E-state index in [9.17, 15) is 5.11 Å². The molecule has 3 saturated heterocycles. The van der Waals surface area contributed by atoms with Crippen LogP contribution in [0.25, 0.3) is 10.9 Å². The molecule has 0 saturated carbocycles. The molecule has 0 radical (unpaired) electrons. The van der Waals surface area contributed by atoms with Gasteiger partial charge in [0.05, 0.1) is 18.7 Å². The van der Waals surface area contributed by atoms with Crippen LogP contribution in [0, 0.1) is 11.8 Å². The van der Waals surface area contributed by atoms with Gasteiger partial charge in [-0.25, -0.2) is 0 Å². The van der Waals surface area contributed by atoms with Crippen LogP contribution in [0.3, 0.4) is 0 Å². The molecule has 1 unspecified atom stereocenters. The Kier molecular flexibility index (Phi) is 4.19.